The van der Waals surface area contributed by atoms with Crippen LogP contribution in [-0.2, 0) is 6.42 Å². The molecule has 0 unspecified atom stereocenters. The number of aromatic nitrogens is 1. The van der Waals surface area contributed by atoms with Crippen LogP contribution in [0.1, 0.15) is 35.3 Å². The molecule has 1 aromatic heterocycles. The highest BCUT2D eigenvalue weighted by molar-refractivity contribution is 6.09. The lowest BCUT2D eigenvalue weighted by atomic mass is 10.1. The molecule has 0 amide bonds. The van der Waals surface area contributed by atoms with Crippen molar-refractivity contribution in [1.29, 1.82) is 0 Å². The summed E-state index contributed by atoms with van der Waals surface area (Å²) >= 11 is 0. The number of rotatable bonds is 1. The molecule has 1 heterocycles. The van der Waals surface area contributed by atoms with Gasteiger partial charge in [0.25, 0.3) is 0 Å². The van der Waals surface area contributed by atoms with Gasteiger partial charge in [-0.15, -0.1) is 0 Å². The number of H-pyrrole nitrogens is 1. The quantitative estimate of drug-likeness (QED) is 0.763. The summed E-state index contributed by atoms with van der Waals surface area (Å²) < 4.78 is 5.22. The predicted octanol–water partition coefficient (Wildman–Crippen LogP) is 3.09. The average Bonchev–Trinajstić information content (AvgIpc) is 2.61. The van der Waals surface area contributed by atoms with Crippen LogP contribution in [-0.4, -0.2) is 17.9 Å². The molecule has 1 N–H and O–H groups in total. The van der Waals surface area contributed by atoms with Gasteiger partial charge in [0.15, 0.2) is 5.78 Å². The first-order valence-electron chi connectivity index (χ1n) is 6.01. The standard InChI is InChI=1S/C14H15NO2/c1-17-9-6-7-11-10(8-9)14-12(15-11)4-2-3-5-13(14)16/h6-8,15H,2-5H2,1H3. The average molecular weight is 229 g/mol. The van der Waals surface area contributed by atoms with Gasteiger partial charge in [0.1, 0.15) is 5.75 Å². The number of carbonyl (C=O) groups excluding carboxylic acids is 1. The minimum absolute atomic E-state index is 0.261. The molecule has 0 saturated carbocycles. The van der Waals surface area contributed by atoms with E-state index in [-0.39, 0.29) is 5.78 Å². The van der Waals surface area contributed by atoms with E-state index in [1.54, 1.807) is 7.11 Å². The maximum atomic E-state index is 12.1. The molecule has 2 aromatic rings. The molecule has 0 bridgehead atoms. The maximum Gasteiger partial charge on any atom is 0.165 e. The molecular weight excluding hydrogens is 214 g/mol. The molecular formula is C14H15NO2. The number of benzene rings is 1. The molecule has 3 heteroatoms. The number of hydrogen-bond donors (Lipinski definition) is 1. The second-order valence-corrected chi connectivity index (χ2v) is 4.52. The molecule has 0 saturated heterocycles. The third-order valence-corrected chi connectivity index (χ3v) is 3.44. The molecule has 0 aliphatic heterocycles. The highest BCUT2D eigenvalue weighted by atomic mass is 16.5. The molecule has 1 aromatic carbocycles. The number of Topliss-reactive ketones (excluding diaryl/α,β-unsaturated/α-hetero) is 1. The number of methoxy groups -OCH3 is 1. The summed E-state index contributed by atoms with van der Waals surface area (Å²) in [7, 11) is 1.65. The van der Waals surface area contributed by atoms with Gasteiger partial charge >= 0.3 is 0 Å². The topological polar surface area (TPSA) is 42.1 Å². The van der Waals surface area contributed by atoms with Crippen LogP contribution in [0.15, 0.2) is 18.2 Å². The Labute approximate surface area is 99.8 Å². The summed E-state index contributed by atoms with van der Waals surface area (Å²) in [4.78, 5) is 15.5. The zero-order valence-corrected chi connectivity index (χ0v) is 9.88. The first-order valence-corrected chi connectivity index (χ1v) is 6.01. The summed E-state index contributed by atoms with van der Waals surface area (Å²) in [5, 5.41) is 1.01. The molecule has 17 heavy (non-hydrogen) atoms. The number of aryl methyl sites for hydroxylation is 1. The number of ketones is 1. The van der Waals surface area contributed by atoms with Gasteiger partial charge < -0.3 is 9.72 Å². The van der Waals surface area contributed by atoms with Crippen LogP contribution in [0.2, 0.25) is 0 Å². The number of aromatic amines is 1. The first-order chi connectivity index (χ1) is 8.29. The van der Waals surface area contributed by atoms with Gasteiger partial charge in [-0.1, -0.05) is 0 Å². The van der Waals surface area contributed by atoms with Crippen molar-refractivity contribution in [3.63, 3.8) is 0 Å². The van der Waals surface area contributed by atoms with E-state index < -0.39 is 0 Å². The van der Waals surface area contributed by atoms with Crippen molar-refractivity contribution in [2.75, 3.05) is 7.11 Å². The summed E-state index contributed by atoms with van der Waals surface area (Å²) in [5.41, 5.74) is 3.01. The third-order valence-electron chi connectivity index (χ3n) is 3.44. The molecule has 1 aliphatic rings. The Kier molecular flexibility index (Phi) is 2.39. The van der Waals surface area contributed by atoms with E-state index in [9.17, 15) is 4.79 Å². The zero-order chi connectivity index (χ0) is 11.8. The largest absolute Gasteiger partial charge is 0.497 e. The summed E-state index contributed by atoms with van der Waals surface area (Å²) in [6.07, 6.45) is 3.71. The fourth-order valence-corrected chi connectivity index (χ4v) is 2.57. The molecule has 0 atom stereocenters. The van der Waals surface area contributed by atoms with Crippen molar-refractivity contribution >= 4 is 16.7 Å². The number of nitrogens with one attached hydrogen (secondary N) is 1. The lowest BCUT2D eigenvalue weighted by molar-refractivity contribution is 0.0983. The highest BCUT2D eigenvalue weighted by Gasteiger charge is 2.20. The second kappa shape index (κ2) is 3.91. The normalized spacial score (nSPS) is 15.7. The molecule has 88 valence electrons. The summed E-state index contributed by atoms with van der Waals surface area (Å²) in [6.45, 7) is 0. The van der Waals surface area contributed by atoms with E-state index in [1.807, 2.05) is 18.2 Å². The summed E-state index contributed by atoms with van der Waals surface area (Å²) in [6, 6.07) is 5.85. The van der Waals surface area contributed by atoms with Crippen LogP contribution < -0.4 is 4.74 Å². The van der Waals surface area contributed by atoms with E-state index in [1.165, 1.54) is 0 Å². The van der Waals surface area contributed by atoms with Gasteiger partial charge in [-0.05, 0) is 37.5 Å². The Morgan fingerprint density at radius 3 is 2.88 bits per heavy atom. The van der Waals surface area contributed by atoms with Crippen molar-refractivity contribution < 1.29 is 9.53 Å². The van der Waals surface area contributed by atoms with Crippen molar-refractivity contribution in [2.45, 2.75) is 25.7 Å². The molecule has 1 aliphatic carbocycles. The van der Waals surface area contributed by atoms with Gasteiger partial charge in [0.2, 0.25) is 0 Å². The van der Waals surface area contributed by atoms with Crippen LogP contribution in [0.5, 0.6) is 5.75 Å². The van der Waals surface area contributed by atoms with E-state index in [2.05, 4.69) is 4.98 Å². The van der Waals surface area contributed by atoms with Crippen LogP contribution in [0.4, 0.5) is 0 Å². The fraction of sp³-hybridized carbons (Fsp3) is 0.357. The maximum absolute atomic E-state index is 12.1. The van der Waals surface area contributed by atoms with Crippen LogP contribution >= 0.6 is 0 Å². The monoisotopic (exact) mass is 229 g/mol. The molecule has 3 nitrogen and oxygen atoms in total. The van der Waals surface area contributed by atoms with Crippen LogP contribution in [0, 0.1) is 0 Å². The Morgan fingerprint density at radius 1 is 1.24 bits per heavy atom. The number of fused-ring (bicyclic) bond motifs is 3. The first kappa shape index (κ1) is 10.4. The number of ether oxygens (including phenoxy) is 1. The van der Waals surface area contributed by atoms with E-state index in [4.69, 9.17) is 4.74 Å². The Hall–Kier alpha value is -1.77. The predicted molar refractivity (Wildman–Crippen MR) is 66.7 cm³/mol. The van der Waals surface area contributed by atoms with Crippen molar-refractivity contribution in [1.82, 2.24) is 4.98 Å². The SMILES string of the molecule is COc1ccc2[nH]c3c(c2c1)C(=O)CCCC3. The fourth-order valence-electron chi connectivity index (χ4n) is 2.57. The van der Waals surface area contributed by atoms with Gasteiger partial charge in [-0.3, -0.25) is 4.79 Å². The van der Waals surface area contributed by atoms with Crippen molar-refractivity contribution in [3.8, 4) is 5.75 Å². The lowest BCUT2D eigenvalue weighted by Gasteiger charge is -2.00. The smallest absolute Gasteiger partial charge is 0.165 e. The molecule has 0 spiro atoms. The van der Waals surface area contributed by atoms with E-state index in [0.717, 1.165) is 47.2 Å². The van der Waals surface area contributed by atoms with Gasteiger partial charge in [0, 0.05) is 28.6 Å². The van der Waals surface area contributed by atoms with Crippen LogP contribution in [0.25, 0.3) is 10.9 Å². The van der Waals surface area contributed by atoms with E-state index in [0.29, 0.717) is 6.42 Å². The lowest BCUT2D eigenvalue weighted by Crippen LogP contribution is -1.97. The van der Waals surface area contributed by atoms with Crippen molar-refractivity contribution in [2.24, 2.45) is 0 Å². The second-order valence-electron chi connectivity index (χ2n) is 4.52. The van der Waals surface area contributed by atoms with Crippen LogP contribution in [0.3, 0.4) is 0 Å². The molecule has 3 rings (SSSR count). The van der Waals surface area contributed by atoms with Gasteiger partial charge in [-0.25, -0.2) is 0 Å². The molecule has 0 fully saturated rings. The van der Waals surface area contributed by atoms with Gasteiger partial charge in [0.05, 0.1) is 7.11 Å². The Bertz CT molecular complexity index is 583. The Morgan fingerprint density at radius 2 is 2.06 bits per heavy atom. The minimum atomic E-state index is 0.261. The molecule has 0 radical (unpaired) electrons. The third kappa shape index (κ3) is 1.62. The highest BCUT2D eigenvalue weighted by Crippen LogP contribution is 2.30. The van der Waals surface area contributed by atoms with E-state index >= 15 is 0 Å². The van der Waals surface area contributed by atoms with Crippen molar-refractivity contribution in [3.05, 3.63) is 29.5 Å². The number of carbonyl (C=O) groups is 1. The Balaban J connectivity index is 2.26. The number of hydrogen-bond acceptors (Lipinski definition) is 2. The minimum Gasteiger partial charge on any atom is -0.497 e. The van der Waals surface area contributed by atoms with Gasteiger partial charge in [-0.2, -0.15) is 0 Å². The zero-order valence-electron chi connectivity index (χ0n) is 9.88. The summed E-state index contributed by atoms with van der Waals surface area (Å²) in [5.74, 6) is 1.06.